The standard InChI is InChI=1S/C28H37N5O3Si/c1-21-16-23(17-24-19-33(31-26(21)24)20-36-14-15-37(2,3)4)18-25(30-28(34)35)27-29-11-13-32(27)12-10-22-8-6-5-7-9-22/h5-9,11,13,16-17,19,25,30H,10,12,14-15,18,20H2,1-4H3,(H,34,35). The average molecular weight is 520 g/mol. The van der Waals surface area contributed by atoms with E-state index in [1.165, 1.54) is 5.56 Å². The summed E-state index contributed by atoms with van der Waals surface area (Å²) in [5.41, 5.74) is 4.24. The van der Waals surface area contributed by atoms with E-state index in [2.05, 4.69) is 54.2 Å². The van der Waals surface area contributed by atoms with Gasteiger partial charge < -0.3 is 19.7 Å². The fourth-order valence-corrected chi connectivity index (χ4v) is 5.22. The topological polar surface area (TPSA) is 94.2 Å². The molecule has 4 rings (SSSR count). The van der Waals surface area contributed by atoms with Gasteiger partial charge in [-0.05, 0) is 42.1 Å². The molecule has 0 radical (unpaired) electrons. The van der Waals surface area contributed by atoms with Crippen molar-refractivity contribution in [2.45, 2.75) is 64.8 Å². The maximum Gasteiger partial charge on any atom is 0.405 e. The van der Waals surface area contributed by atoms with E-state index in [4.69, 9.17) is 9.84 Å². The van der Waals surface area contributed by atoms with Crippen molar-refractivity contribution < 1.29 is 14.6 Å². The summed E-state index contributed by atoms with van der Waals surface area (Å²) in [6.45, 7) is 10.9. The molecule has 1 amide bonds. The zero-order chi connectivity index (χ0) is 26.4. The Morgan fingerprint density at radius 2 is 1.95 bits per heavy atom. The van der Waals surface area contributed by atoms with Gasteiger partial charge in [0.05, 0.1) is 11.6 Å². The first-order valence-electron chi connectivity index (χ1n) is 12.8. The molecule has 4 aromatic rings. The summed E-state index contributed by atoms with van der Waals surface area (Å²) in [5, 5.41) is 18.0. The Morgan fingerprint density at radius 1 is 1.16 bits per heavy atom. The number of nitrogens with one attached hydrogen (secondary N) is 1. The molecule has 2 N–H and O–H groups in total. The number of carboxylic acid groups (broad SMARTS) is 1. The van der Waals surface area contributed by atoms with E-state index in [9.17, 15) is 9.90 Å². The van der Waals surface area contributed by atoms with Crippen LogP contribution in [0.3, 0.4) is 0 Å². The van der Waals surface area contributed by atoms with Crippen LogP contribution in [0.2, 0.25) is 25.7 Å². The molecule has 0 aliphatic rings. The number of ether oxygens (including phenoxy) is 1. The van der Waals surface area contributed by atoms with E-state index in [0.717, 1.165) is 47.6 Å². The first-order valence-corrected chi connectivity index (χ1v) is 16.5. The van der Waals surface area contributed by atoms with Crippen molar-refractivity contribution in [3.63, 3.8) is 0 Å². The lowest BCUT2D eigenvalue weighted by Crippen LogP contribution is -2.30. The molecule has 9 heteroatoms. The molecule has 1 atom stereocenters. The van der Waals surface area contributed by atoms with Crippen molar-refractivity contribution in [1.82, 2.24) is 24.6 Å². The SMILES string of the molecule is Cc1cc(CC(NC(=O)O)c2nccn2CCc2ccccc2)cc2cn(COCC[Si](C)(C)C)nc12. The third-order valence-electron chi connectivity index (χ3n) is 6.41. The molecule has 0 saturated heterocycles. The molecule has 2 aromatic carbocycles. The minimum atomic E-state index is -1.13. The van der Waals surface area contributed by atoms with Crippen molar-refractivity contribution in [2.24, 2.45) is 0 Å². The number of amides is 1. The number of hydrogen-bond acceptors (Lipinski definition) is 4. The van der Waals surface area contributed by atoms with Gasteiger partial charge in [-0.15, -0.1) is 0 Å². The van der Waals surface area contributed by atoms with Crippen molar-refractivity contribution in [2.75, 3.05) is 6.61 Å². The fraction of sp³-hybridized carbons (Fsp3) is 0.393. The van der Waals surface area contributed by atoms with Crippen molar-refractivity contribution >= 4 is 25.1 Å². The van der Waals surface area contributed by atoms with E-state index in [1.54, 1.807) is 6.20 Å². The van der Waals surface area contributed by atoms with Crippen LogP contribution in [0.1, 0.15) is 28.6 Å². The Labute approximate surface area is 219 Å². The molecule has 196 valence electrons. The van der Waals surface area contributed by atoms with Crippen LogP contribution in [-0.4, -0.2) is 45.2 Å². The van der Waals surface area contributed by atoms with Gasteiger partial charge in [0.15, 0.2) is 0 Å². The average Bonchev–Trinajstić information content (AvgIpc) is 3.47. The summed E-state index contributed by atoms with van der Waals surface area (Å²) in [4.78, 5) is 16.2. The Balaban J connectivity index is 1.49. The minimum Gasteiger partial charge on any atom is -0.465 e. The molecule has 2 heterocycles. The Morgan fingerprint density at radius 3 is 2.68 bits per heavy atom. The lowest BCUT2D eigenvalue weighted by Gasteiger charge is -2.19. The zero-order valence-electron chi connectivity index (χ0n) is 22.1. The predicted molar refractivity (Wildman–Crippen MR) is 149 cm³/mol. The summed E-state index contributed by atoms with van der Waals surface area (Å²) in [7, 11) is -1.13. The van der Waals surface area contributed by atoms with Crippen LogP contribution in [0.15, 0.2) is 61.1 Å². The number of fused-ring (bicyclic) bond motifs is 1. The van der Waals surface area contributed by atoms with E-state index in [-0.39, 0.29) is 0 Å². The number of aryl methyl sites for hydroxylation is 3. The monoisotopic (exact) mass is 519 g/mol. The number of carbonyl (C=O) groups is 1. The zero-order valence-corrected chi connectivity index (χ0v) is 23.1. The van der Waals surface area contributed by atoms with Crippen LogP contribution in [0.5, 0.6) is 0 Å². The van der Waals surface area contributed by atoms with Crippen LogP contribution in [-0.2, 0) is 30.9 Å². The lowest BCUT2D eigenvalue weighted by molar-refractivity contribution is 0.0791. The van der Waals surface area contributed by atoms with Gasteiger partial charge in [0, 0.05) is 51.6 Å². The van der Waals surface area contributed by atoms with Crippen LogP contribution in [0.25, 0.3) is 10.9 Å². The molecule has 0 aliphatic heterocycles. The summed E-state index contributed by atoms with van der Waals surface area (Å²) < 4.78 is 9.75. The molecule has 0 fully saturated rings. The smallest absolute Gasteiger partial charge is 0.405 e. The van der Waals surface area contributed by atoms with Gasteiger partial charge in [0.1, 0.15) is 12.6 Å². The quantitative estimate of drug-likeness (QED) is 0.186. The maximum absolute atomic E-state index is 11.7. The van der Waals surface area contributed by atoms with Crippen LogP contribution in [0, 0.1) is 6.92 Å². The van der Waals surface area contributed by atoms with Crippen molar-refractivity contribution in [3.8, 4) is 0 Å². The van der Waals surface area contributed by atoms with Gasteiger partial charge in [-0.25, -0.2) is 14.5 Å². The Kier molecular flexibility index (Phi) is 8.45. The van der Waals surface area contributed by atoms with Gasteiger partial charge >= 0.3 is 6.09 Å². The molecule has 0 saturated carbocycles. The van der Waals surface area contributed by atoms with Gasteiger partial charge in [0.2, 0.25) is 0 Å². The maximum atomic E-state index is 11.7. The summed E-state index contributed by atoms with van der Waals surface area (Å²) in [6, 6.07) is 15.1. The Bertz CT molecular complexity index is 1330. The van der Waals surface area contributed by atoms with E-state index in [0.29, 0.717) is 19.0 Å². The highest BCUT2D eigenvalue weighted by atomic mass is 28.3. The van der Waals surface area contributed by atoms with E-state index in [1.807, 2.05) is 46.8 Å². The van der Waals surface area contributed by atoms with Gasteiger partial charge in [-0.2, -0.15) is 5.10 Å². The minimum absolute atomic E-state index is 0.427. The molecule has 8 nitrogen and oxygen atoms in total. The van der Waals surface area contributed by atoms with E-state index >= 15 is 0 Å². The number of aromatic nitrogens is 4. The first-order chi connectivity index (χ1) is 17.7. The molecule has 0 bridgehead atoms. The lowest BCUT2D eigenvalue weighted by atomic mass is 10.0. The van der Waals surface area contributed by atoms with Gasteiger partial charge in [0.25, 0.3) is 0 Å². The molecule has 0 spiro atoms. The first kappa shape index (κ1) is 26.6. The van der Waals surface area contributed by atoms with Gasteiger partial charge in [-0.3, -0.25) is 0 Å². The molecule has 1 unspecified atom stereocenters. The van der Waals surface area contributed by atoms with Crippen molar-refractivity contribution in [1.29, 1.82) is 0 Å². The van der Waals surface area contributed by atoms with Crippen LogP contribution < -0.4 is 5.32 Å². The molecular formula is C28H37N5O3Si. The molecule has 37 heavy (non-hydrogen) atoms. The third-order valence-corrected chi connectivity index (χ3v) is 8.11. The summed E-state index contributed by atoms with van der Waals surface area (Å²) in [6.07, 6.45) is 5.91. The molecule has 2 aromatic heterocycles. The normalized spacial score (nSPS) is 12.6. The van der Waals surface area contributed by atoms with Gasteiger partial charge in [-0.1, -0.05) is 56.0 Å². The third kappa shape index (κ3) is 7.53. The second-order valence-corrected chi connectivity index (χ2v) is 16.4. The highest BCUT2D eigenvalue weighted by Crippen LogP contribution is 2.24. The molecular weight excluding hydrogens is 482 g/mol. The van der Waals surface area contributed by atoms with Crippen LogP contribution >= 0.6 is 0 Å². The number of hydrogen-bond donors (Lipinski definition) is 2. The Hall–Kier alpha value is -3.43. The summed E-state index contributed by atoms with van der Waals surface area (Å²) in [5.74, 6) is 0.711. The number of benzene rings is 2. The van der Waals surface area contributed by atoms with Crippen LogP contribution in [0.4, 0.5) is 4.79 Å². The highest BCUT2D eigenvalue weighted by Gasteiger charge is 2.21. The molecule has 0 aliphatic carbocycles. The predicted octanol–water partition coefficient (Wildman–Crippen LogP) is 5.65. The second-order valence-electron chi connectivity index (χ2n) is 10.8. The number of rotatable bonds is 12. The second kappa shape index (κ2) is 11.7. The largest absolute Gasteiger partial charge is 0.465 e. The number of nitrogens with zero attached hydrogens (tertiary/aromatic N) is 4. The number of imidazole rings is 1. The fourth-order valence-electron chi connectivity index (χ4n) is 4.46. The van der Waals surface area contributed by atoms with E-state index < -0.39 is 20.2 Å². The van der Waals surface area contributed by atoms with Crippen molar-refractivity contribution in [3.05, 3.63) is 83.6 Å². The summed E-state index contributed by atoms with van der Waals surface area (Å²) >= 11 is 0. The highest BCUT2D eigenvalue weighted by molar-refractivity contribution is 6.76.